The number of nitrogens with one attached hydrogen (secondary N) is 1. The van der Waals surface area contributed by atoms with Gasteiger partial charge in [0.25, 0.3) is 0 Å². The van der Waals surface area contributed by atoms with E-state index in [-0.39, 0.29) is 30.2 Å². The van der Waals surface area contributed by atoms with Gasteiger partial charge in [0.1, 0.15) is 6.04 Å². The van der Waals surface area contributed by atoms with Crippen molar-refractivity contribution >= 4 is 17.8 Å². The average molecular weight is 299 g/mol. The fourth-order valence-corrected chi connectivity index (χ4v) is 2.50. The van der Waals surface area contributed by atoms with Crippen molar-refractivity contribution in [2.75, 3.05) is 13.1 Å². The van der Waals surface area contributed by atoms with Gasteiger partial charge in [-0.2, -0.15) is 0 Å². The molecule has 0 radical (unpaired) electrons. The predicted molar refractivity (Wildman–Crippen MR) is 77.4 cm³/mol. The van der Waals surface area contributed by atoms with Gasteiger partial charge in [-0.1, -0.05) is 13.3 Å². The lowest BCUT2D eigenvalue weighted by Gasteiger charge is -2.36. The maximum atomic E-state index is 12.4. The van der Waals surface area contributed by atoms with Crippen LogP contribution in [0.3, 0.4) is 0 Å². The van der Waals surface area contributed by atoms with Crippen LogP contribution in [0.4, 0.5) is 0 Å². The molecule has 0 spiro atoms. The van der Waals surface area contributed by atoms with Crippen molar-refractivity contribution in [1.29, 1.82) is 0 Å². The Bertz CT molecular complexity index is 398. The number of carboxylic acids is 1. The highest BCUT2D eigenvalue weighted by molar-refractivity contribution is 5.92. The molecule has 4 N–H and O–H groups in total. The third-order valence-corrected chi connectivity index (χ3v) is 3.70. The number of rotatable bonds is 7. The maximum Gasteiger partial charge on any atom is 0.305 e. The van der Waals surface area contributed by atoms with Gasteiger partial charge < -0.3 is 21.1 Å². The number of hydrogen-bond acceptors (Lipinski definition) is 4. The summed E-state index contributed by atoms with van der Waals surface area (Å²) in [6.07, 6.45) is 2.02. The number of nitrogens with zero attached hydrogens (tertiary/aromatic N) is 1. The average Bonchev–Trinajstić information content (AvgIpc) is 2.39. The third kappa shape index (κ3) is 5.34. The van der Waals surface area contributed by atoms with E-state index in [0.717, 1.165) is 12.8 Å². The van der Waals surface area contributed by atoms with Crippen LogP contribution in [0.15, 0.2) is 0 Å². The topological polar surface area (TPSA) is 113 Å². The summed E-state index contributed by atoms with van der Waals surface area (Å²) >= 11 is 0. The van der Waals surface area contributed by atoms with Gasteiger partial charge >= 0.3 is 5.97 Å². The van der Waals surface area contributed by atoms with E-state index in [1.54, 1.807) is 0 Å². The molecule has 0 aromatic rings. The number of nitrogens with two attached hydrogens (primary N) is 1. The van der Waals surface area contributed by atoms with E-state index in [1.807, 2.05) is 13.8 Å². The van der Waals surface area contributed by atoms with Crippen LogP contribution in [0.25, 0.3) is 0 Å². The summed E-state index contributed by atoms with van der Waals surface area (Å²) in [7, 11) is 0. The fourth-order valence-electron chi connectivity index (χ4n) is 2.50. The number of piperazine rings is 1. The molecule has 1 aliphatic rings. The van der Waals surface area contributed by atoms with Gasteiger partial charge in [-0.25, -0.2) is 0 Å². The third-order valence-electron chi connectivity index (χ3n) is 3.70. The van der Waals surface area contributed by atoms with Crippen LogP contribution in [-0.2, 0) is 14.4 Å². The van der Waals surface area contributed by atoms with Gasteiger partial charge in [0.05, 0.1) is 6.42 Å². The molecule has 1 saturated heterocycles. The zero-order valence-electron chi connectivity index (χ0n) is 12.7. The number of aliphatic carboxylic acids is 1. The first-order valence-electron chi connectivity index (χ1n) is 7.38. The van der Waals surface area contributed by atoms with Crippen molar-refractivity contribution in [3.8, 4) is 0 Å². The molecule has 120 valence electrons. The van der Waals surface area contributed by atoms with Crippen LogP contribution in [0.1, 0.15) is 39.5 Å². The Kier molecular flexibility index (Phi) is 6.61. The van der Waals surface area contributed by atoms with Crippen molar-refractivity contribution in [3.63, 3.8) is 0 Å². The second-order valence-corrected chi connectivity index (χ2v) is 5.75. The Morgan fingerprint density at radius 1 is 1.43 bits per heavy atom. The van der Waals surface area contributed by atoms with E-state index >= 15 is 0 Å². The minimum absolute atomic E-state index is 0.104. The molecule has 21 heavy (non-hydrogen) atoms. The number of carbonyl (C=O) groups is 3. The molecule has 0 saturated carbocycles. The molecule has 2 amide bonds. The van der Waals surface area contributed by atoms with Crippen LogP contribution in [-0.4, -0.2) is 53.0 Å². The number of carbonyl (C=O) groups excluding carboxylic acids is 2. The van der Waals surface area contributed by atoms with E-state index in [1.165, 1.54) is 4.90 Å². The zero-order chi connectivity index (χ0) is 16.0. The van der Waals surface area contributed by atoms with Crippen molar-refractivity contribution in [2.24, 2.45) is 11.7 Å². The monoisotopic (exact) mass is 299 g/mol. The first-order valence-corrected chi connectivity index (χ1v) is 7.38. The van der Waals surface area contributed by atoms with E-state index in [0.29, 0.717) is 19.5 Å². The van der Waals surface area contributed by atoms with Crippen LogP contribution < -0.4 is 11.1 Å². The summed E-state index contributed by atoms with van der Waals surface area (Å²) in [6.45, 7) is 4.46. The van der Waals surface area contributed by atoms with Crippen LogP contribution in [0.5, 0.6) is 0 Å². The number of carboxylic acid groups (broad SMARTS) is 1. The molecule has 1 fully saturated rings. The second kappa shape index (κ2) is 7.97. The largest absolute Gasteiger partial charge is 0.481 e. The molecule has 7 heteroatoms. The van der Waals surface area contributed by atoms with Crippen molar-refractivity contribution < 1.29 is 19.5 Å². The van der Waals surface area contributed by atoms with Gasteiger partial charge in [0.15, 0.2) is 0 Å². The molecule has 7 nitrogen and oxygen atoms in total. The second-order valence-electron chi connectivity index (χ2n) is 5.75. The van der Waals surface area contributed by atoms with Crippen LogP contribution in [0.2, 0.25) is 0 Å². The SMILES string of the molecule is CC(N)CCCC(C)C(=O)N1CCNC(=O)C1CC(=O)O. The minimum Gasteiger partial charge on any atom is -0.481 e. The quantitative estimate of drug-likeness (QED) is 0.609. The highest BCUT2D eigenvalue weighted by Crippen LogP contribution is 2.17. The van der Waals surface area contributed by atoms with Gasteiger partial charge in [0.2, 0.25) is 11.8 Å². The summed E-state index contributed by atoms with van der Waals surface area (Å²) in [4.78, 5) is 36.5. The standard InChI is InChI=1S/C14H25N3O4/c1-9(4-3-5-10(2)15)14(21)17-7-6-16-13(20)11(17)8-12(18)19/h9-11H,3-8,15H2,1-2H3,(H,16,20)(H,18,19). The first-order chi connectivity index (χ1) is 9.82. The first kappa shape index (κ1) is 17.4. The summed E-state index contributed by atoms with van der Waals surface area (Å²) in [5.74, 6) is -1.86. The number of hydrogen-bond donors (Lipinski definition) is 3. The summed E-state index contributed by atoms with van der Waals surface area (Å²) in [5, 5.41) is 11.5. The normalized spacial score (nSPS) is 21.6. The molecule has 1 rings (SSSR count). The fraction of sp³-hybridized carbons (Fsp3) is 0.786. The molecule has 1 heterocycles. The molecular weight excluding hydrogens is 274 g/mol. The van der Waals surface area contributed by atoms with Gasteiger partial charge in [-0.3, -0.25) is 14.4 Å². The molecule has 3 unspecified atom stereocenters. The summed E-state index contributed by atoms with van der Waals surface area (Å²) in [6, 6.07) is -0.799. The van der Waals surface area contributed by atoms with E-state index in [4.69, 9.17) is 10.8 Å². The van der Waals surface area contributed by atoms with Crippen LogP contribution in [0, 0.1) is 5.92 Å². The summed E-state index contributed by atoms with van der Waals surface area (Å²) < 4.78 is 0. The van der Waals surface area contributed by atoms with Gasteiger partial charge in [-0.05, 0) is 19.8 Å². The Hall–Kier alpha value is -1.63. The molecule has 0 aromatic heterocycles. The van der Waals surface area contributed by atoms with Gasteiger partial charge in [-0.15, -0.1) is 0 Å². The summed E-state index contributed by atoms with van der Waals surface area (Å²) in [5.41, 5.74) is 5.68. The minimum atomic E-state index is -1.08. The van der Waals surface area contributed by atoms with Crippen LogP contribution >= 0.6 is 0 Å². The molecule has 0 aliphatic carbocycles. The Morgan fingerprint density at radius 3 is 2.67 bits per heavy atom. The number of amides is 2. The highest BCUT2D eigenvalue weighted by Gasteiger charge is 2.36. The van der Waals surface area contributed by atoms with Crippen molar-refractivity contribution in [1.82, 2.24) is 10.2 Å². The predicted octanol–water partition coefficient (Wildman–Crippen LogP) is -0.0583. The lowest BCUT2D eigenvalue weighted by atomic mass is 9.98. The van der Waals surface area contributed by atoms with E-state index < -0.39 is 12.0 Å². The molecular formula is C14H25N3O4. The van der Waals surface area contributed by atoms with E-state index in [2.05, 4.69) is 5.32 Å². The Labute approximate surface area is 124 Å². The smallest absolute Gasteiger partial charge is 0.305 e. The molecule has 1 aliphatic heterocycles. The lowest BCUT2D eigenvalue weighted by Crippen LogP contribution is -2.58. The molecule has 0 aromatic carbocycles. The van der Waals surface area contributed by atoms with E-state index in [9.17, 15) is 14.4 Å². The Morgan fingerprint density at radius 2 is 2.10 bits per heavy atom. The highest BCUT2D eigenvalue weighted by atomic mass is 16.4. The maximum absolute atomic E-state index is 12.4. The molecule has 3 atom stereocenters. The zero-order valence-corrected chi connectivity index (χ0v) is 12.7. The van der Waals surface area contributed by atoms with Crippen molar-refractivity contribution in [2.45, 2.75) is 51.6 Å². The lowest BCUT2D eigenvalue weighted by molar-refractivity contribution is -0.150. The van der Waals surface area contributed by atoms with Crippen molar-refractivity contribution in [3.05, 3.63) is 0 Å². The van der Waals surface area contributed by atoms with Gasteiger partial charge in [0, 0.05) is 25.0 Å². The molecule has 0 bridgehead atoms. The Balaban J connectivity index is 2.63.